The lowest BCUT2D eigenvalue weighted by atomic mass is 10.1. The minimum absolute atomic E-state index is 0.0143. The molecule has 1 atom stereocenters. The van der Waals surface area contributed by atoms with Crippen LogP contribution in [0.25, 0.3) is 11.4 Å². The molecule has 2 heterocycles. The fourth-order valence-corrected chi connectivity index (χ4v) is 3.26. The Kier molecular flexibility index (Phi) is 4.43. The number of benzene rings is 2. The van der Waals surface area contributed by atoms with Gasteiger partial charge in [-0.25, -0.2) is 4.68 Å². The molecule has 2 aromatic carbocycles. The lowest BCUT2D eigenvalue weighted by Crippen LogP contribution is -2.36. The van der Waals surface area contributed by atoms with E-state index in [9.17, 15) is 9.59 Å². The molecular weight excluding hydrogens is 354 g/mol. The van der Waals surface area contributed by atoms with Gasteiger partial charge in [0.05, 0.1) is 6.42 Å². The van der Waals surface area contributed by atoms with Crippen LogP contribution in [0.5, 0.6) is 0 Å². The van der Waals surface area contributed by atoms with E-state index in [2.05, 4.69) is 20.7 Å². The second kappa shape index (κ2) is 6.92. The Labute approximate surface area is 162 Å². The number of aryl methyl sites for hydroxylation is 3. The number of anilines is 2. The average Bonchev–Trinajstić information content (AvgIpc) is 3.07. The van der Waals surface area contributed by atoms with Crippen LogP contribution < -0.4 is 10.6 Å². The summed E-state index contributed by atoms with van der Waals surface area (Å²) in [5.41, 5.74) is 4.77. The molecule has 2 N–H and O–H groups in total. The molecule has 7 heteroatoms. The monoisotopic (exact) mass is 375 g/mol. The molecule has 0 fully saturated rings. The second-order valence-corrected chi connectivity index (χ2v) is 7.15. The van der Waals surface area contributed by atoms with Crippen molar-refractivity contribution in [2.75, 3.05) is 10.6 Å². The third kappa shape index (κ3) is 3.38. The molecule has 0 saturated carbocycles. The van der Waals surface area contributed by atoms with E-state index in [4.69, 9.17) is 0 Å². The lowest BCUT2D eigenvalue weighted by Gasteiger charge is -2.22. The zero-order chi connectivity index (χ0) is 19.8. The van der Waals surface area contributed by atoms with E-state index in [0.717, 1.165) is 27.9 Å². The first kappa shape index (κ1) is 17.9. The number of amides is 2. The van der Waals surface area contributed by atoms with Gasteiger partial charge in [0.15, 0.2) is 5.82 Å². The first-order chi connectivity index (χ1) is 13.4. The van der Waals surface area contributed by atoms with E-state index >= 15 is 0 Å². The van der Waals surface area contributed by atoms with Gasteiger partial charge < -0.3 is 5.32 Å². The Bertz CT molecular complexity index is 1070. The Morgan fingerprint density at radius 1 is 1.11 bits per heavy atom. The van der Waals surface area contributed by atoms with Gasteiger partial charge in [0, 0.05) is 11.3 Å². The summed E-state index contributed by atoms with van der Waals surface area (Å²) >= 11 is 0. The second-order valence-electron chi connectivity index (χ2n) is 7.15. The topological polar surface area (TPSA) is 88.9 Å². The maximum atomic E-state index is 12.9. The number of fused-ring (bicyclic) bond motifs is 1. The summed E-state index contributed by atoms with van der Waals surface area (Å²) in [4.78, 5) is 29.5. The quantitative estimate of drug-likeness (QED) is 0.734. The van der Waals surface area contributed by atoms with Crippen molar-refractivity contribution in [2.24, 2.45) is 0 Å². The van der Waals surface area contributed by atoms with Gasteiger partial charge in [0.1, 0.15) is 6.04 Å². The summed E-state index contributed by atoms with van der Waals surface area (Å²) < 4.78 is 1.50. The summed E-state index contributed by atoms with van der Waals surface area (Å²) in [7, 11) is 0. The van der Waals surface area contributed by atoms with Crippen molar-refractivity contribution in [3.8, 4) is 11.4 Å². The summed E-state index contributed by atoms with van der Waals surface area (Å²) in [6.45, 7) is 5.94. The number of carbonyl (C=O) groups is 2. The zero-order valence-corrected chi connectivity index (χ0v) is 16.0. The predicted octanol–water partition coefficient (Wildman–Crippen LogP) is 3.39. The highest BCUT2D eigenvalue weighted by Crippen LogP contribution is 2.28. The SMILES string of the molecule is Cc1ccc(-c2nc3n(n2)[C@@H](C(=O)Nc2ccc(C)cc2C)CC(=O)N3)cc1. The van der Waals surface area contributed by atoms with Gasteiger partial charge in [-0.15, -0.1) is 5.10 Å². The van der Waals surface area contributed by atoms with Crippen molar-refractivity contribution >= 4 is 23.5 Å². The maximum Gasteiger partial charge on any atom is 0.249 e. The molecule has 0 bridgehead atoms. The molecule has 1 aliphatic heterocycles. The number of nitrogens with one attached hydrogen (secondary N) is 2. The van der Waals surface area contributed by atoms with Crippen LogP contribution in [0.1, 0.15) is 29.2 Å². The van der Waals surface area contributed by atoms with Crippen molar-refractivity contribution in [3.63, 3.8) is 0 Å². The minimum Gasteiger partial charge on any atom is -0.324 e. The molecule has 1 aliphatic rings. The van der Waals surface area contributed by atoms with Gasteiger partial charge in [0.2, 0.25) is 17.8 Å². The van der Waals surface area contributed by atoms with Gasteiger partial charge >= 0.3 is 0 Å². The summed E-state index contributed by atoms with van der Waals surface area (Å²) in [5, 5.41) is 10.1. The first-order valence-corrected chi connectivity index (χ1v) is 9.12. The molecule has 0 unspecified atom stereocenters. The molecule has 7 nitrogen and oxygen atoms in total. The summed E-state index contributed by atoms with van der Waals surface area (Å²) in [6, 6.07) is 12.8. The van der Waals surface area contributed by atoms with Gasteiger partial charge in [-0.3, -0.25) is 14.9 Å². The fourth-order valence-electron chi connectivity index (χ4n) is 3.26. The molecule has 0 spiro atoms. The summed E-state index contributed by atoms with van der Waals surface area (Å²) in [5.74, 6) is 0.216. The van der Waals surface area contributed by atoms with Crippen LogP contribution in [0.15, 0.2) is 42.5 Å². The molecular formula is C21H21N5O2. The molecule has 142 valence electrons. The van der Waals surface area contributed by atoms with E-state index in [1.807, 2.05) is 63.2 Å². The van der Waals surface area contributed by atoms with E-state index in [-0.39, 0.29) is 24.2 Å². The first-order valence-electron chi connectivity index (χ1n) is 9.12. The van der Waals surface area contributed by atoms with Crippen LogP contribution in [0, 0.1) is 20.8 Å². The zero-order valence-electron chi connectivity index (χ0n) is 16.0. The molecule has 0 radical (unpaired) electrons. The number of nitrogens with zero attached hydrogens (tertiary/aromatic N) is 3. The van der Waals surface area contributed by atoms with Gasteiger partial charge in [-0.05, 0) is 32.4 Å². The number of hydrogen-bond donors (Lipinski definition) is 2. The molecule has 0 aliphatic carbocycles. The highest BCUT2D eigenvalue weighted by molar-refractivity contribution is 6.01. The number of aromatic nitrogens is 3. The molecule has 28 heavy (non-hydrogen) atoms. The van der Waals surface area contributed by atoms with Crippen molar-refractivity contribution < 1.29 is 9.59 Å². The van der Waals surface area contributed by atoms with Crippen molar-refractivity contribution in [3.05, 3.63) is 59.2 Å². The van der Waals surface area contributed by atoms with Gasteiger partial charge in [-0.1, -0.05) is 47.5 Å². The highest BCUT2D eigenvalue weighted by atomic mass is 16.2. The summed E-state index contributed by atoms with van der Waals surface area (Å²) in [6.07, 6.45) is 0.0143. The highest BCUT2D eigenvalue weighted by Gasteiger charge is 2.33. The fraction of sp³-hybridized carbons (Fsp3) is 0.238. The predicted molar refractivity (Wildman–Crippen MR) is 107 cm³/mol. The maximum absolute atomic E-state index is 12.9. The Morgan fingerprint density at radius 3 is 2.54 bits per heavy atom. The number of hydrogen-bond acceptors (Lipinski definition) is 4. The van der Waals surface area contributed by atoms with E-state index in [1.165, 1.54) is 4.68 Å². The van der Waals surface area contributed by atoms with E-state index in [1.54, 1.807) is 0 Å². The Morgan fingerprint density at radius 2 is 1.82 bits per heavy atom. The lowest BCUT2D eigenvalue weighted by molar-refractivity contribution is -0.125. The average molecular weight is 375 g/mol. The van der Waals surface area contributed by atoms with Crippen LogP contribution >= 0.6 is 0 Å². The van der Waals surface area contributed by atoms with Crippen LogP contribution in [0.3, 0.4) is 0 Å². The van der Waals surface area contributed by atoms with Crippen molar-refractivity contribution in [2.45, 2.75) is 33.2 Å². The largest absolute Gasteiger partial charge is 0.324 e. The standard InChI is InChI=1S/C21H21N5O2/c1-12-4-7-15(8-5-12)19-24-21-23-18(27)11-17(26(21)25-19)20(28)22-16-9-6-13(2)10-14(16)3/h4-10,17H,11H2,1-3H3,(H,22,28)(H,23,24,25,27)/t17-/m1/s1. The molecule has 3 aromatic rings. The number of rotatable bonds is 3. The Hall–Kier alpha value is -3.48. The van der Waals surface area contributed by atoms with Crippen molar-refractivity contribution in [1.82, 2.24) is 14.8 Å². The number of carbonyl (C=O) groups excluding carboxylic acids is 2. The van der Waals surface area contributed by atoms with Crippen LogP contribution in [-0.4, -0.2) is 26.6 Å². The van der Waals surface area contributed by atoms with Crippen LogP contribution in [-0.2, 0) is 9.59 Å². The van der Waals surface area contributed by atoms with E-state index in [0.29, 0.717) is 5.82 Å². The van der Waals surface area contributed by atoms with Gasteiger partial charge in [0.25, 0.3) is 0 Å². The third-order valence-electron chi connectivity index (χ3n) is 4.81. The van der Waals surface area contributed by atoms with Gasteiger partial charge in [-0.2, -0.15) is 4.98 Å². The molecule has 4 rings (SSSR count). The Balaban J connectivity index is 1.65. The minimum atomic E-state index is -0.754. The van der Waals surface area contributed by atoms with Crippen LogP contribution in [0.2, 0.25) is 0 Å². The molecule has 0 saturated heterocycles. The van der Waals surface area contributed by atoms with E-state index < -0.39 is 6.04 Å². The third-order valence-corrected chi connectivity index (χ3v) is 4.81. The molecule has 1 aromatic heterocycles. The molecule has 2 amide bonds. The van der Waals surface area contributed by atoms with Crippen molar-refractivity contribution in [1.29, 1.82) is 0 Å². The smallest absolute Gasteiger partial charge is 0.249 e. The normalized spacial score (nSPS) is 15.7. The van der Waals surface area contributed by atoms with Crippen LogP contribution in [0.4, 0.5) is 11.6 Å².